The van der Waals surface area contributed by atoms with Crippen LogP contribution in [0.3, 0.4) is 0 Å². The van der Waals surface area contributed by atoms with Gasteiger partial charge in [0, 0.05) is 18.6 Å². The quantitative estimate of drug-likeness (QED) is 0.754. The fourth-order valence-electron chi connectivity index (χ4n) is 2.72. The standard InChI is InChI=1S/C14H30N2/c1-4-10-16(14(2,3)12-15)11-13-8-6-5-7-9-13/h13H,4-12,15H2,1-3H3. The Kier molecular flexibility index (Phi) is 5.77. The third-order valence-corrected chi connectivity index (χ3v) is 4.05. The van der Waals surface area contributed by atoms with Gasteiger partial charge in [-0.05, 0) is 45.6 Å². The molecule has 0 unspecified atom stereocenters. The Morgan fingerprint density at radius 2 is 1.81 bits per heavy atom. The molecule has 1 saturated carbocycles. The van der Waals surface area contributed by atoms with Crippen LogP contribution < -0.4 is 5.73 Å². The SMILES string of the molecule is CCCN(CC1CCCCC1)C(C)(C)CN. The highest BCUT2D eigenvalue weighted by Gasteiger charge is 2.27. The lowest BCUT2D eigenvalue weighted by Gasteiger charge is -2.40. The molecule has 0 aromatic carbocycles. The summed E-state index contributed by atoms with van der Waals surface area (Å²) >= 11 is 0. The largest absolute Gasteiger partial charge is 0.329 e. The minimum Gasteiger partial charge on any atom is -0.329 e. The summed E-state index contributed by atoms with van der Waals surface area (Å²) in [5, 5.41) is 0. The van der Waals surface area contributed by atoms with Crippen LogP contribution in [0.2, 0.25) is 0 Å². The maximum absolute atomic E-state index is 5.90. The van der Waals surface area contributed by atoms with Crippen molar-refractivity contribution >= 4 is 0 Å². The van der Waals surface area contributed by atoms with Crippen molar-refractivity contribution in [3.8, 4) is 0 Å². The van der Waals surface area contributed by atoms with Crippen LogP contribution in [0.4, 0.5) is 0 Å². The minimum absolute atomic E-state index is 0.174. The lowest BCUT2D eigenvalue weighted by Crippen LogP contribution is -2.51. The molecule has 0 aromatic heterocycles. The summed E-state index contributed by atoms with van der Waals surface area (Å²) < 4.78 is 0. The topological polar surface area (TPSA) is 29.3 Å². The first-order valence-corrected chi connectivity index (χ1v) is 7.05. The van der Waals surface area contributed by atoms with Gasteiger partial charge in [0.1, 0.15) is 0 Å². The molecule has 2 heteroatoms. The fourth-order valence-corrected chi connectivity index (χ4v) is 2.72. The van der Waals surface area contributed by atoms with Crippen LogP contribution in [0.25, 0.3) is 0 Å². The second-order valence-corrected chi connectivity index (χ2v) is 5.97. The molecular formula is C14H30N2. The number of nitrogens with two attached hydrogens (primary N) is 1. The predicted molar refractivity (Wildman–Crippen MR) is 71.6 cm³/mol. The summed E-state index contributed by atoms with van der Waals surface area (Å²) in [6.07, 6.45) is 8.42. The molecule has 1 fully saturated rings. The van der Waals surface area contributed by atoms with E-state index in [0.717, 1.165) is 12.5 Å². The molecule has 0 bridgehead atoms. The van der Waals surface area contributed by atoms with Crippen LogP contribution in [0.1, 0.15) is 59.3 Å². The van der Waals surface area contributed by atoms with E-state index in [0.29, 0.717) is 0 Å². The van der Waals surface area contributed by atoms with E-state index >= 15 is 0 Å². The van der Waals surface area contributed by atoms with Crippen LogP contribution >= 0.6 is 0 Å². The maximum atomic E-state index is 5.90. The molecule has 1 aliphatic carbocycles. The Morgan fingerprint density at radius 3 is 2.31 bits per heavy atom. The van der Waals surface area contributed by atoms with E-state index in [1.807, 2.05) is 0 Å². The molecule has 1 rings (SSSR count). The average molecular weight is 226 g/mol. The van der Waals surface area contributed by atoms with Crippen molar-refractivity contribution in [1.29, 1.82) is 0 Å². The van der Waals surface area contributed by atoms with Crippen molar-refractivity contribution in [3.05, 3.63) is 0 Å². The maximum Gasteiger partial charge on any atom is 0.0275 e. The number of rotatable bonds is 6. The van der Waals surface area contributed by atoms with E-state index in [9.17, 15) is 0 Å². The van der Waals surface area contributed by atoms with Crippen molar-refractivity contribution in [2.24, 2.45) is 11.7 Å². The van der Waals surface area contributed by atoms with E-state index in [2.05, 4.69) is 25.7 Å². The van der Waals surface area contributed by atoms with Crippen molar-refractivity contribution in [1.82, 2.24) is 4.90 Å². The van der Waals surface area contributed by atoms with E-state index in [-0.39, 0.29) is 5.54 Å². The molecule has 2 N–H and O–H groups in total. The second kappa shape index (κ2) is 6.61. The third kappa shape index (κ3) is 4.06. The van der Waals surface area contributed by atoms with Gasteiger partial charge in [-0.2, -0.15) is 0 Å². The van der Waals surface area contributed by atoms with Gasteiger partial charge in [0.05, 0.1) is 0 Å². The Labute approximate surface area is 102 Å². The molecule has 0 spiro atoms. The molecule has 2 nitrogen and oxygen atoms in total. The molecule has 96 valence electrons. The van der Waals surface area contributed by atoms with Crippen LogP contribution in [0.5, 0.6) is 0 Å². The zero-order valence-electron chi connectivity index (χ0n) is 11.5. The summed E-state index contributed by atoms with van der Waals surface area (Å²) in [5.74, 6) is 0.922. The zero-order chi connectivity index (χ0) is 12.0. The molecule has 0 aliphatic heterocycles. The molecule has 16 heavy (non-hydrogen) atoms. The smallest absolute Gasteiger partial charge is 0.0275 e. The van der Waals surface area contributed by atoms with Gasteiger partial charge in [0.25, 0.3) is 0 Å². The van der Waals surface area contributed by atoms with Crippen LogP contribution in [-0.2, 0) is 0 Å². The van der Waals surface area contributed by atoms with Gasteiger partial charge in [-0.1, -0.05) is 26.2 Å². The molecule has 0 radical (unpaired) electrons. The van der Waals surface area contributed by atoms with Gasteiger partial charge in [-0.25, -0.2) is 0 Å². The molecule has 0 aromatic rings. The first-order valence-electron chi connectivity index (χ1n) is 7.05. The molecule has 0 atom stereocenters. The van der Waals surface area contributed by atoms with Gasteiger partial charge < -0.3 is 5.73 Å². The fraction of sp³-hybridized carbons (Fsp3) is 1.00. The predicted octanol–water partition coefficient (Wildman–Crippen LogP) is 3.02. The summed E-state index contributed by atoms with van der Waals surface area (Å²) in [5.41, 5.74) is 6.07. The van der Waals surface area contributed by atoms with E-state index in [4.69, 9.17) is 5.73 Å². The third-order valence-electron chi connectivity index (χ3n) is 4.05. The van der Waals surface area contributed by atoms with Crippen LogP contribution in [-0.4, -0.2) is 30.1 Å². The van der Waals surface area contributed by atoms with Gasteiger partial charge in [-0.3, -0.25) is 4.90 Å². The Morgan fingerprint density at radius 1 is 1.19 bits per heavy atom. The van der Waals surface area contributed by atoms with Gasteiger partial charge >= 0.3 is 0 Å². The Bertz CT molecular complexity index is 183. The van der Waals surface area contributed by atoms with Gasteiger partial charge in [0.2, 0.25) is 0 Å². The van der Waals surface area contributed by atoms with Crippen molar-refractivity contribution in [3.63, 3.8) is 0 Å². The van der Waals surface area contributed by atoms with E-state index in [1.165, 1.54) is 51.6 Å². The average Bonchev–Trinajstić information content (AvgIpc) is 2.30. The van der Waals surface area contributed by atoms with Crippen molar-refractivity contribution in [2.45, 2.75) is 64.8 Å². The summed E-state index contributed by atoms with van der Waals surface area (Å²) in [6, 6.07) is 0. The molecule has 1 aliphatic rings. The monoisotopic (exact) mass is 226 g/mol. The molecular weight excluding hydrogens is 196 g/mol. The highest BCUT2D eigenvalue weighted by molar-refractivity contribution is 4.84. The minimum atomic E-state index is 0.174. The first kappa shape index (κ1) is 14.0. The van der Waals surface area contributed by atoms with Crippen LogP contribution in [0, 0.1) is 5.92 Å². The first-order chi connectivity index (χ1) is 7.60. The van der Waals surface area contributed by atoms with Crippen LogP contribution in [0.15, 0.2) is 0 Å². The highest BCUT2D eigenvalue weighted by Crippen LogP contribution is 2.26. The van der Waals surface area contributed by atoms with Gasteiger partial charge in [0.15, 0.2) is 0 Å². The lowest BCUT2D eigenvalue weighted by atomic mass is 9.87. The highest BCUT2D eigenvalue weighted by atomic mass is 15.2. The Balaban J connectivity index is 2.49. The zero-order valence-corrected chi connectivity index (χ0v) is 11.5. The summed E-state index contributed by atoms with van der Waals surface area (Å²) in [6.45, 7) is 10.1. The molecule has 0 saturated heterocycles. The van der Waals surface area contributed by atoms with E-state index < -0.39 is 0 Å². The molecule has 0 amide bonds. The van der Waals surface area contributed by atoms with Gasteiger partial charge in [-0.15, -0.1) is 0 Å². The Hall–Kier alpha value is -0.0800. The number of hydrogen-bond acceptors (Lipinski definition) is 2. The van der Waals surface area contributed by atoms with E-state index in [1.54, 1.807) is 0 Å². The number of hydrogen-bond donors (Lipinski definition) is 1. The van der Waals surface area contributed by atoms with Crippen molar-refractivity contribution < 1.29 is 0 Å². The summed E-state index contributed by atoms with van der Waals surface area (Å²) in [4.78, 5) is 2.61. The normalized spacial score (nSPS) is 19.3. The molecule has 0 heterocycles. The lowest BCUT2D eigenvalue weighted by molar-refractivity contribution is 0.0941. The number of nitrogens with zero attached hydrogens (tertiary/aromatic N) is 1. The van der Waals surface area contributed by atoms with Crippen molar-refractivity contribution in [2.75, 3.05) is 19.6 Å². The second-order valence-electron chi connectivity index (χ2n) is 5.97. The summed E-state index contributed by atoms with van der Waals surface area (Å²) in [7, 11) is 0.